The van der Waals surface area contributed by atoms with Crippen molar-refractivity contribution in [3.8, 4) is 5.75 Å². The van der Waals surface area contributed by atoms with Crippen molar-refractivity contribution in [3.63, 3.8) is 0 Å². The average Bonchev–Trinajstić information content (AvgIpc) is 3.04. The zero-order chi connectivity index (χ0) is 16.7. The Labute approximate surface area is 141 Å². The summed E-state index contributed by atoms with van der Waals surface area (Å²) in [4.78, 5) is 12.6. The minimum absolute atomic E-state index is 0.194. The number of carbonyl (C=O) groups excluding carboxylic acids is 1. The van der Waals surface area contributed by atoms with Crippen LogP contribution in [-0.4, -0.2) is 19.7 Å². The smallest absolute Gasteiger partial charge is 0.338 e. The lowest BCUT2D eigenvalue weighted by molar-refractivity contribution is -0.142. The highest BCUT2D eigenvalue weighted by Crippen LogP contribution is 2.50. The number of esters is 1. The van der Waals surface area contributed by atoms with E-state index in [1.54, 1.807) is 0 Å². The monoisotopic (exact) mass is 330 g/mol. The Balaban J connectivity index is 1.49. The largest absolute Gasteiger partial charge is 0.496 e. The van der Waals surface area contributed by atoms with Gasteiger partial charge in [0.2, 0.25) is 0 Å². The number of rotatable bonds is 4. The number of carbonyl (C=O) groups is 1. The number of hydrogen-bond donors (Lipinski definition) is 0. The molecule has 24 heavy (non-hydrogen) atoms. The minimum Gasteiger partial charge on any atom is -0.496 e. The van der Waals surface area contributed by atoms with E-state index in [-0.39, 0.29) is 17.2 Å². The van der Waals surface area contributed by atoms with Gasteiger partial charge in [-0.3, -0.25) is 0 Å². The van der Waals surface area contributed by atoms with Crippen LogP contribution in [0, 0.1) is 17.2 Å². The summed E-state index contributed by atoms with van der Waals surface area (Å²) in [5.41, 5.74) is 2.19. The molecule has 0 unspecified atom stereocenters. The molecular formula is C20H23FO3. The van der Waals surface area contributed by atoms with Crippen molar-refractivity contribution in [1.29, 1.82) is 0 Å². The molecule has 5 rings (SSSR count). The molecule has 0 saturated heterocycles. The fraction of sp³-hybridized carbons (Fsp3) is 0.550. The lowest BCUT2D eigenvalue weighted by Crippen LogP contribution is -2.38. The zero-order valence-electron chi connectivity index (χ0n) is 14.1. The summed E-state index contributed by atoms with van der Waals surface area (Å²) < 4.78 is 24.6. The van der Waals surface area contributed by atoms with Crippen LogP contribution in [0.25, 0.3) is 5.57 Å². The molecule has 0 amide bonds. The van der Waals surface area contributed by atoms with Crippen LogP contribution in [0.3, 0.4) is 0 Å². The molecule has 1 aromatic rings. The topological polar surface area (TPSA) is 35.5 Å². The predicted octanol–water partition coefficient (Wildman–Crippen LogP) is 4.29. The van der Waals surface area contributed by atoms with E-state index >= 15 is 0 Å². The van der Waals surface area contributed by atoms with Gasteiger partial charge < -0.3 is 9.47 Å². The van der Waals surface area contributed by atoms with Crippen molar-refractivity contribution < 1.29 is 18.7 Å². The average molecular weight is 330 g/mol. The van der Waals surface area contributed by atoms with Gasteiger partial charge in [-0.05, 0) is 62.5 Å². The van der Waals surface area contributed by atoms with Crippen LogP contribution < -0.4 is 4.74 Å². The highest BCUT2D eigenvalue weighted by Gasteiger charge is 2.41. The predicted molar refractivity (Wildman–Crippen MR) is 89.2 cm³/mol. The van der Waals surface area contributed by atoms with Gasteiger partial charge >= 0.3 is 5.97 Å². The molecule has 3 fully saturated rings. The lowest BCUT2D eigenvalue weighted by atomic mass is 9.61. The van der Waals surface area contributed by atoms with Crippen LogP contribution >= 0.6 is 0 Å². The molecule has 3 saturated carbocycles. The fourth-order valence-electron chi connectivity index (χ4n) is 4.61. The molecule has 0 aliphatic heterocycles. The van der Waals surface area contributed by atoms with Crippen molar-refractivity contribution >= 4 is 11.5 Å². The van der Waals surface area contributed by atoms with Gasteiger partial charge in [0.15, 0.2) is 0 Å². The highest BCUT2D eigenvalue weighted by atomic mass is 19.1. The van der Waals surface area contributed by atoms with Crippen molar-refractivity contribution in [2.45, 2.75) is 44.9 Å². The molecule has 128 valence electrons. The maximum atomic E-state index is 13.6. The summed E-state index contributed by atoms with van der Waals surface area (Å²) in [5, 5.41) is 0. The van der Waals surface area contributed by atoms with Gasteiger partial charge in [0.25, 0.3) is 0 Å². The normalized spacial score (nSPS) is 27.6. The Morgan fingerprint density at radius 3 is 2.62 bits per heavy atom. The Morgan fingerprint density at radius 1 is 1.25 bits per heavy atom. The second kappa shape index (κ2) is 5.91. The first kappa shape index (κ1) is 15.7. The van der Waals surface area contributed by atoms with E-state index < -0.39 is 0 Å². The first-order valence-electron chi connectivity index (χ1n) is 8.84. The molecule has 4 aliphatic rings. The number of ether oxygens (including phenoxy) is 2. The molecule has 0 radical (unpaired) electrons. The standard InChI is InChI=1S/C20H23FO3/c1-23-17-11-15(21)10-14-2-3-16(18(14)17)19(22)24-12-20-7-4-13(5-8-20)6-9-20/h3,10-11,13H,2,4-9,12H2,1H3. The summed E-state index contributed by atoms with van der Waals surface area (Å²) >= 11 is 0. The second-order valence-electron chi connectivity index (χ2n) is 7.52. The van der Waals surface area contributed by atoms with Crippen LogP contribution in [0.15, 0.2) is 18.2 Å². The molecule has 4 heteroatoms. The number of benzene rings is 1. The van der Waals surface area contributed by atoms with Gasteiger partial charge in [-0.15, -0.1) is 0 Å². The van der Waals surface area contributed by atoms with Gasteiger partial charge in [-0.2, -0.15) is 0 Å². The van der Waals surface area contributed by atoms with E-state index in [2.05, 4.69) is 0 Å². The Kier molecular flexibility index (Phi) is 3.86. The van der Waals surface area contributed by atoms with Crippen molar-refractivity contribution in [1.82, 2.24) is 0 Å². The van der Waals surface area contributed by atoms with E-state index in [1.165, 1.54) is 57.8 Å². The van der Waals surface area contributed by atoms with Crippen molar-refractivity contribution in [3.05, 3.63) is 35.2 Å². The van der Waals surface area contributed by atoms with Crippen LogP contribution in [0.5, 0.6) is 5.75 Å². The van der Waals surface area contributed by atoms with Gasteiger partial charge in [-0.1, -0.05) is 6.08 Å². The summed E-state index contributed by atoms with van der Waals surface area (Å²) in [5.74, 6) is 0.653. The molecule has 0 spiro atoms. The molecule has 0 N–H and O–H groups in total. The molecule has 0 aromatic heterocycles. The Hall–Kier alpha value is -1.84. The third-order valence-corrected chi connectivity index (χ3v) is 6.14. The van der Waals surface area contributed by atoms with E-state index in [9.17, 15) is 9.18 Å². The van der Waals surface area contributed by atoms with E-state index in [0.29, 0.717) is 29.9 Å². The van der Waals surface area contributed by atoms with Crippen LogP contribution in [0.2, 0.25) is 0 Å². The SMILES string of the molecule is COc1cc(F)cc2c1C(C(=O)OCC13CCC(CC1)CC3)=CC2. The summed E-state index contributed by atoms with van der Waals surface area (Å²) in [6.07, 6.45) is 9.72. The zero-order valence-corrected chi connectivity index (χ0v) is 14.1. The maximum Gasteiger partial charge on any atom is 0.338 e. The molecule has 0 atom stereocenters. The molecular weight excluding hydrogens is 307 g/mol. The Bertz CT molecular complexity index is 685. The molecule has 2 bridgehead atoms. The molecule has 4 aliphatic carbocycles. The van der Waals surface area contributed by atoms with Crippen LogP contribution in [-0.2, 0) is 16.0 Å². The second-order valence-corrected chi connectivity index (χ2v) is 7.52. The van der Waals surface area contributed by atoms with E-state index in [0.717, 1.165) is 11.5 Å². The number of allylic oxidation sites excluding steroid dienone is 1. The number of halogens is 1. The van der Waals surface area contributed by atoms with Gasteiger partial charge in [0, 0.05) is 17.0 Å². The van der Waals surface area contributed by atoms with Crippen molar-refractivity contribution in [2.24, 2.45) is 11.3 Å². The first-order valence-corrected chi connectivity index (χ1v) is 8.84. The van der Waals surface area contributed by atoms with Crippen LogP contribution in [0.4, 0.5) is 4.39 Å². The van der Waals surface area contributed by atoms with Crippen molar-refractivity contribution in [2.75, 3.05) is 13.7 Å². The number of fused-ring (bicyclic) bond motifs is 4. The maximum absolute atomic E-state index is 13.6. The van der Waals surface area contributed by atoms with Crippen LogP contribution in [0.1, 0.15) is 49.7 Å². The van der Waals surface area contributed by atoms with E-state index in [1.807, 2.05) is 6.08 Å². The third kappa shape index (κ3) is 2.62. The minimum atomic E-state index is -0.341. The summed E-state index contributed by atoms with van der Waals surface area (Å²) in [7, 11) is 1.50. The van der Waals surface area contributed by atoms with E-state index in [4.69, 9.17) is 9.47 Å². The molecule has 3 nitrogen and oxygen atoms in total. The summed E-state index contributed by atoms with van der Waals surface area (Å²) in [6, 6.07) is 2.79. The summed E-state index contributed by atoms with van der Waals surface area (Å²) in [6.45, 7) is 0.509. The van der Waals surface area contributed by atoms with Gasteiger partial charge in [0.05, 0.1) is 19.3 Å². The number of methoxy groups -OCH3 is 1. The Morgan fingerprint density at radius 2 is 1.96 bits per heavy atom. The lowest BCUT2D eigenvalue weighted by Gasteiger charge is -2.46. The first-order chi connectivity index (χ1) is 11.6. The molecule has 0 heterocycles. The third-order valence-electron chi connectivity index (χ3n) is 6.14. The molecule has 1 aromatic carbocycles. The van der Waals surface area contributed by atoms with Gasteiger partial charge in [-0.25, -0.2) is 9.18 Å². The van der Waals surface area contributed by atoms with Gasteiger partial charge in [0.1, 0.15) is 11.6 Å². The fourth-order valence-corrected chi connectivity index (χ4v) is 4.61. The number of hydrogen-bond acceptors (Lipinski definition) is 3. The highest BCUT2D eigenvalue weighted by molar-refractivity contribution is 6.19. The quantitative estimate of drug-likeness (QED) is 0.773.